The van der Waals surface area contributed by atoms with Crippen LogP contribution in [0, 0.1) is 0 Å². The number of anilines is 1. The fourth-order valence-corrected chi connectivity index (χ4v) is 2.44. The van der Waals surface area contributed by atoms with Crippen LogP contribution in [0.1, 0.15) is 71.1 Å². The van der Waals surface area contributed by atoms with Crippen molar-refractivity contribution in [2.45, 2.75) is 65.2 Å². The van der Waals surface area contributed by atoms with Crippen molar-refractivity contribution in [3.05, 3.63) is 24.1 Å². The predicted octanol–water partition coefficient (Wildman–Crippen LogP) is 5.72. The molecular formula is C18H28N2O. The molecule has 0 amide bonds. The number of fused-ring (bicyclic) bond motifs is 1. The predicted molar refractivity (Wildman–Crippen MR) is 90.0 cm³/mol. The second-order valence-electron chi connectivity index (χ2n) is 6.08. The third-order valence-corrected chi connectivity index (χ3v) is 3.76. The van der Waals surface area contributed by atoms with E-state index in [0.717, 1.165) is 29.2 Å². The van der Waals surface area contributed by atoms with E-state index in [0.29, 0.717) is 5.92 Å². The van der Waals surface area contributed by atoms with Gasteiger partial charge in [0, 0.05) is 18.2 Å². The summed E-state index contributed by atoms with van der Waals surface area (Å²) in [6.07, 6.45) is 7.96. The van der Waals surface area contributed by atoms with Crippen molar-refractivity contribution < 1.29 is 4.42 Å². The van der Waals surface area contributed by atoms with Crippen molar-refractivity contribution >= 4 is 16.8 Å². The largest absolute Gasteiger partial charge is 0.440 e. The molecule has 2 aromatic rings. The van der Waals surface area contributed by atoms with Crippen LogP contribution in [0.15, 0.2) is 22.6 Å². The van der Waals surface area contributed by atoms with Gasteiger partial charge in [0.05, 0.1) is 0 Å². The van der Waals surface area contributed by atoms with E-state index in [1.807, 2.05) is 6.07 Å². The van der Waals surface area contributed by atoms with Gasteiger partial charge in [-0.05, 0) is 24.6 Å². The Morgan fingerprint density at radius 3 is 2.62 bits per heavy atom. The van der Waals surface area contributed by atoms with Crippen LogP contribution in [-0.2, 0) is 0 Å². The molecule has 3 heteroatoms. The maximum Gasteiger partial charge on any atom is 0.198 e. The van der Waals surface area contributed by atoms with Gasteiger partial charge in [0.1, 0.15) is 5.52 Å². The van der Waals surface area contributed by atoms with E-state index in [1.54, 1.807) is 0 Å². The highest BCUT2D eigenvalue weighted by atomic mass is 16.3. The van der Waals surface area contributed by atoms with Crippen molar-refractivity contribution in [1.29, 1.82) is 0 Å². The molecular weight excluding hydrogens is 260 g/mol. The monoisotopic (exact) mass is 288 g/mol. The fourth-order valence-electron chi connectivity index (χ4n) is 2.44. The molecule has 1 aromatic carbocycles. The van der Waals surface area contributed by atoms with Gasteiger partial charge in [-0.25, -0.2) is 4.98 Å². The van der Waals surface area contributed by atoms with Crippen LogP contribution < -0.4 is 5.32 Å². The Balaban J connectivity index is 1.80. The summed E-state index contributed by atoms with van der Waals surface area (Å²) >= 11 is 0. The van der Waals surface area contributed by atoms with Crippen LogP contribution in [0.4, 0.5) is 5.69 Å². The van der Waals surface area contributed by atoms with Crippen molar-refractivity contribution in [3.63, 3.8) is 0 Å². The normalized spacial score (nSPS) is 11.4. The van der Waals surface area contributed by atoms with Crippen LogP contribution in [-0.4, -0.2) is 11.5 Å². The number of hydrogen-bond acceptors (Lipinski definition) is 3. The molecule has 1 aromatic heterocycles. The van der Waals surface area contributed by atoms with Gasteiger partial charge in [-0.3, -0.25) is 0 Å². The highest BCUT2D eigenvalue weighted by Gasteiger charge is 2.09. The molecule has 0 spiro atoms. The fraction of sp³-hybridized carbons (Fsp3) is 0.611. The average molecular weight is 288 g/mol. The van der Waals surface area contributed by atoms with Gasteiger partial charge in [-0.15, -0.1) is 0 Å². The highest BCUT2D eigenvalue weighted by Crippen LogP contribution is 2.23. The third-order valence-electron chi connectivity index (χ3n) is 3.76. The van der Waals surface area contributed by atoms with Gasteiger partial charge in [-0.1, -0.05) is 52.9 Å². The second-order valence-corrected chi connectivity index (χ2v) is 6.08. The molecule has 1 N–H and O–H groups in total. The molecule has 0 atom stereocenters. The molecule has 1 heterocycles. The third kappa shape index (κ3) is 4.76. The molecule has 116 valence electrons. The lowest BCUT2D eigenvalue weighted by atomic mass is 10.1. The van der Waals surface area contributed by atoms with Crippen molar-refractivity contribution in [2.75, 3.05) is 11.9 Å². The summed E-state index contributed by atoms with van der Waals surface area (Å²) < 4.78 is 5.73. The Kier molecular flexibility index (Phi) is 6.09. The van der Waals surface area contributed by atoms with Gasteiger partial charge >= 0.3 is 0 Å². The summed E-state index contributed by atoms with van der Waals surface area (Å²) in [5.74, 6) is 1.15. The first kappa shape index (κ1) is 15.9. The van der Waals surface area contributed by atoms with Crippen molar-refractivity contribution in [1.82, 2.24) is 4.98 Å². The van der Waals surface area contributed by atoms with E-state index in [1.165, 1.54) is 38.5 Å². The summed E-state index contributed by atoms with van der Waals surface area (Å²) in [6.45, 7) is 7.49. The highest BCUT2D eigenvalue weighted by molar-refractivity contribution is 5.77. The van der Waals surface area contributed by atoms with Gasteiger partial charge < -0.3 is 9.73 Å². The number of rotatable bonds is 9. The van der Waals surface area contributed by atoms with E-state index in [2.05, 4.69) is 43.2 Å². The van der Waals surface area contributed by atoms with E-state index < -0.39 is 0 Å². The Morgan fingerprint density at radius 1 is 1.10 bits per heavy atom. The van der Waals surface area contributed by atoms with E-state index >= 15 is 0 Å². The molecule has 0 aliphatic carbocycles. The second kappa shape index (κ2) is 8.06. The zero-order chi connectivity index (χ0) is 15.1. The molecule has 0 fully saturated rings. The van der Waals surface area contributed by atoms with Gasteiger partial charge in [0.2, 0.25) is 0 Å². The maximum atomic E-state index is 5.73. The summed E-state index contributed by atoms with van der Waals surface area (Å²) in [5.41, 5.74) is 2.97. The van der Waals surface area contributed by atoms with E-state index in [-0.39, 0.29) is 0 Å². The first-order chi connectivity index (χ1) is 10.2. The van der Waals surface area contributed by atoms with Crippen LogP contribution in [0.2, 0.25) is 0 Å². The smallest absolute Gasteiger partial charge is 0.198 e. The van der Waals surface area contributed by atoms with E-state index in [9.17, 15) is 0 Å². The lowest BCUT2D eigenvalue weighted by Crippen LogP contribution is -2.01. The Morgan fingerprint density at radius 2 is 1.86 bits per heavy atom. The molecule has 0 unspecified atom stereocenters. The van der Waals surface area contributed by atoms with Crippen LogP contribution in [0.5, 0.6) is 0 Å². The van der Waals surface area contributed by atoms with Gasteiger partial charge in [0.15, 0.2) is 11.5 Å². The topological polar surface area (TPSA) is 38.1 Å². The zero-order valence-corrected chi connectivity index (χ0v) is 13.6. The number of nitrogens with zero attached hydrogens (tertiary/aromatic N) is 1. The maximum absolute atomic E-state index is 5.73. The SMILES string of the molecule is CCCCCCCCNc1ccc2oc(C(C)C)nc2c1. The lowest BCUT2D eigenvalue weighted by Gasteiger charge is -2.05. The van der Waals surface area contributed by atoms with E-state index in [4.69, 9.17) is 4.42 Å². The number of aromatic nitrogens is 1. The molecule has 0 saturated carbocycles. The summed E-state index contributed by atoms with van der Waals surface area (Å²) in [4.78, 5) is 4.54. The number of unbranched alkanes of at least 4 members (excludes halogenated alkanes) is 5. The first-order valence-corrected chi connectivity index (χ1v) is 8.35. The Bertz CT molecular complexity index is 545. The molecule has 2 rings (SSSR count). The molecule has 0 aliphatic rings. The van der Waals surface area contributed by atoms with Crippen LogP contribution in [0.25, 0.3) is 11.1 Å². The number of oxazole rings is 1. The number of hydrogen-bond donors (Lipinski definition) is 1. The lowest BCUT2D eigenvalue weighted by molar-refractivity contribution is 0.501. The quantitative estimate of drug-likeness (QED) is 0.599. The van der Waals surface area contributed by atoms with Gasteiger partial charge in [-0.2, -0.15) is 0 Å². The molecule has 0 bridgehead atoms. The summed E-state index contributed by atoms with van der Waals surface area (Å²) in [7, 11) is 0. The first-order valence-electron chi connectivity index (χ1n) is 8.35. The molecule has 0 aliphatic heterocycles. The molecule has 21 heavy (non-hydrogen) atoms. The number of nitrogens with one attached hydrogen (secondary N) is 1. The average Bonchev–Trinajstić information content (AvgIpc) is 2.90. The summed E-state index contributed by atoms with van der Waals surface area (Å²) in [5, 5.41) is 3.48. The van der Waals surface area contributed by atoms with Crippen LogP contribution >= 0.6 is 0 Å². The Hall–Kier alpha value is -1.51. The summed E-state index contributed by atoms with van der Waals surface area (Å²) in [6, 6.07) is 6.17. The minimum absolute atomic E-state index is 0.330. The number of benzene rings is 1. The molecule has 0 radical (unpaired) electrons. The van der Waals surface area contributed by atoms with Crippen molar-refractivity contribution in [2.24, 2.45) is 0 Å². The minimum Gasteiger partial charge on any atom is -0.440 e. The van der Waals surface area contributed by atoms with Crippen molar-refractivity contribution in [3.8, 4) is 0 Å². The standard InChI is InChI=1S/C18H28N2O/c1-4-5-6-7-8-9-12-19-15-10-11-17-16(13-15)20-18(21-17)14(2)3/h10-11,13-14,19H,4-9,12H2,1-3H3. The molecule has 3 nitrogen and oxygen atoms in total. The van der Waals surface area contributed by atoms with Gasteiger partial charge in [0.25, 0.3) is 0 Å². The minimum atomic E-state index is 0.330. The van der Waals surface area contributed by atoms with Crippen LogP contribution in [0.3, 0.4) is 0 Å². The zero-order valence-electron chi connectivity index (χ0n) is 13.6. The molecule has 0 saturated heterocycles. The Labute approximate surface area is 128 Å².